The van der Waals surface area contributed by atoms with E-state index in [1.807, 2.05) is 0 Å². The minimum Gasteiger partial charge on any atom is -0.438 e. The molecule has 0 N–H and O–H groups in total. The number of methoxy groups -OCH3 is 1. The van der Waals surface area contributed by atoms with Crippen LogP contribution >= 0.6 is 0 Å². The van der Waals surface area contributed by atoms with Gasteiger partial charge in [0.2, 0.25) is 0 Å². The molecule has 0 aliphatic heterocycles. The predicted molar refractivity (Wildman–Crippen MR) is 58.5 cm³/mol. The van der Waals surface area contributed by atoms with Crippen molar-refractivity contribution < 1.29 is 14.3 Å². The van der Waals surface area contributed by atoms with Crippen molar-refractivity contribution in [3.05, 3.63) is 0 Å². The molecule has 0 aromatic heterocycles. The van der Waals surface area contributed by atoms with Crippen LogP contribution in [0.15, 0.2) is 0 Å². The van der Waals surface area contributed by atoms with Gasteiger partial charge >= 0.3 is 5.97 Å². The van der Waals surface area contributed by atoms with Crippen molar-refractivity contribution >= 4 is 5.97 Å². The number of esters is 1. The first-order valence-corrected chi connectivity index (χ1v) is 6.45. The summed E-state index contributed by atoms with van der Waals surface area (Å²) >= 11 is 0. The predicted octanol–water partition coefficient (Wildman–Crippen LogP) is 2.21. The minimum absolute atomic E-state index is 0.0318. The van der Waals surface area contributed by atoms with E-state index in [1.165, 1.54) is 19.3 Å². The lowest BCUT2D eigenvalue weighted by Crippen LogP contribution is -2.17. The summed E-state index contributed by atoms with van der Waals surface area (Å²) in [5.41, 5.74) is 0. The quantitative estimate of drug-likeness (QED) is 0.544. The molecule has 0 spiro atoms. The number of carbonyl (C=O) groups is 1. The van der Waals surface area contributed by atoms with Crippen molar-refractivity contribution in [1.29, 1.82) is 0 Å². The van der Waals surface area contributed by atoms with E-state index in [-0.39, 0.29) is 18.7 Å². The van der Waals surface area contributed by atoms with Crippen LogP contribution in [0.5, 0.6) is 0 Å². The first-order valence-electron chi connectivity index (χ1n) is 6.45. The molecule has 3 saturated carbocycles. The SMILES string of the molecule is COCOC(=O)C1CC2C(C1)[C@H]1CC[C@H]2C1. The summed E-state index contributed by atoms with van der Waals surface area (Å²) in [5, 5.41) is 0. The summed E-state index contributed by atoms with van der Waals surface area (Å²) in [6.45, 7) is 0.109. The molecule has 0 saturated heterocycles. The summed E-state index contributed by atoms with van der Waals surface area (Å²) in [7, 11) is 1.55. The Morgan fingerprint density at radius 1 is 1.12 bits per heavy atom. The number of ether oxygens (including phenoxy) is 2. The minimum atomic E-state index is -0.0318. The molecule has 16 heavy (non-hydrogen) atoms. The van der Waals surface area contributed by atoms with Crippen LogP contribution < -0.4 is 0 Å². The highest BCUT2D eigenvalue weighted by molar-refractivity contribution is 5.72. The fourth-order valence-corrected chi connectivity index (χ4v) is 4.44. The normalized spacial score (nSPS) is 44.7. The van der Waals surface area contributed by atoms with E-state index in [4.69, 9.17) is 9.47 Å². The first kappa shape index (κ1) is 10.6. The Morgan fingerprint density at radius 3 is 2.31 bits per heavy atom. The highest BCUT2D eigenvalue weighted by atomic mass is 16.7. The van der Waals surface area contributed by atoms with Crippen molar-refractivity contribution in [2.45, 2.75) is 32.1 Å². The van der Waals surface area contributed by atoms with E-state index in [0.29, 0.717) is 0 Å². The van der Waals surface area contributed by atoms with Crippen molar-refractivity contribution in [2.24, 2.45) is 29.6 Å². The summed E-state index contributed by atoms with van der Waals surface area (Å²) in [4.78, 5) is 11.8. The van der Waals surface area contributed by atoms with E-state index in [0.717, 1.165) is 36.5 Å². The zero-order valence-corrected chi connectivity index (χ0v) is 9.85. The van der Waals surface area contributed by atoms with E-state index >= 15 is 0 Å². The average molecular weight is 224 g/mol. The van der Waals surface area contributed by atoms with Crippen molar-refractivity contribution in [3.8, 4) is 0 Å². The Hall–Kier alpha value is -0.570. The molecule has 3 aliphatic carbocycles. The summed E-state index contributed by atoms with van der Waals surface area (Å²) < 4.78 is 9.85. The van der Waals surface area contributed by atoms with Crippen LogP contribution in [0.2, 0.25) is 0 Å². The largest absolute Gasteiger partial charge is 0.438 e. The fourth-order valence-electron chi connectivity index (χ4n) is 4.44. The van der Waals surface area contributed by atoms with Gasteiger partial charge in [-0.3, -0.25) is 4.79 Å². The molecular formula is C13H20O3. The fraction of sp³-hybridized carbons (Fsp3) is 0.923. The summed E-state index contributed by atoms with van der Waals surface area (Å²) in [5.74, 6) is 3.65. The number of rotatable bonds is 3. The Balaban J connectivity index is 1.59. The van der Waals surface area contributed by atoms with Crippen molar-refractivity contribution in [2.75, 3.05) is 13.9 Å². The molecular weight excluding hydrogens is 204 g/mol. The molecule has 90 valence electrons. The van der Waals surface area contributed by atoms with Crippen LogP contribution in [0.4, 0.5) is 0 Å². The van der Waals surface area contributed by atoms with Crippen LogP contribution in [0.3, 0.4) is 0 Å². The van der Waals surface area contributed by atoms with Gasteiger partial charge in [-0.15, -0.1) is 0 Å². The van der Waals surface area contributed by atoms with Crippen molar-refractivity contribution in [1.82, 2.24) is 0 Å². The van der Waals surface area contributed by atoms with Crippen LogP contribution in [0.25, 0.3) is 0 Å². The maximum atomic E-state index is 11.8. The molecule has 3 fully saturated rings. The van der Waals surface area contributed by atoms with Crippen molar-refractivity contribution in [3.63, 3.8) is 0 Å². The lowest BCUT2D eigenvalue weighted by molar-refractivity contribution is -0.159. The lowest BCUT2D eigenvalue weighted by atomic mass is 9.82. The van der Waals surface area contributed by atoms with E-state index in [1.54, 1.807) is 7.11 Å². The van der Waals surface area contributed by atoms with Gasteiger partial charge in [-0.05, 0) is 55.8 Å². The summed E-state index contributed by atoms with van der Waals surface area (Å²) in [6, 6.07) is 0. The lowest BCUT2D eigenvalue weighted by Gasteiger charge is -2.23. The third kappa shape index (κ3) is 1.56. The monoisotopic (exact) mass is 224 g/mol. The topological polar surface area (TPSA) is 35.5 Å². The molecule has 3 aliphatic rings. The highest BCUT2D eigenvalue weighted by Crippen LogP contribution is 2.60. The number of fused-ring (bicyclic) bond motifs is 5. The zero-order chi connectivity index (χ0) is 11.1. The second kappa shape index (κ2) is 4.02. The number of carbonyl (C=O) groups excluding carboxylic acids is 1. The molecule has 3 rings (SSSR count). The van der Waals surface area contributed by atoms with Crippen LogP contribution in [0.1, 0.15) is 32.1 Å². The van der Waals surface area contributed by atoms with E-state index in [9.17, 15) is 4.79 Å². The van der Waals surface area contributed by atoms with Gasteiger partial charge in [-0.2, -0.15) is 0 Å². The van der Waals surface area contributed by atoms with Gasteiger partial charge in [0.05, 0.1) is 5.92 Å². The molecule has 2 unspecified atom stereocenters. The highest BCUT2D eigenvalue weighted by Gasteiger charge is 2.53. The number of hydrogen-bond donors (Lipinski definition) is 0. The van der Waals surface area contributed by atoms with Crippen LogP contribution in [-0.4, -0.2) is 19.9 Å². The zero-order valence-electron chi connectivity index (χ0n) is 9.85. The van der Waals surface area contributed by atoms with Gasteiger partial charge in [-0.25, -0.2) is 0 Å². The van der Waals surface area contributed by atoms with Gasteiger partial charge in [0, 0.05) is 7.11 Å². The second-order valence-electron chi connectivity index (χ2n) is 5.70. The Morgan fingerprint density at radius 2 is 1.75 bits per heavy atom. The van der Waals surface area contributed by atoms with Crippen LogP contribution in [0, 0.1) is 29.6 Å². The molecule has 4 atom stereocenters. The van der Waals surface area contributed by atoms with Gasteiger partial charge in [0.25, 0.3) is 0 Å². The molecule has 0 aromatic rings. The first-order chi connectivity index (χ1) is 7.79. The van der Waals surface area contributed by atoms with Gasteiger partial charge in [0.1, 0.15) is 0 Å². The molecule has 0 heterocycles. The third-order valence-electron chi connectivity index (χ3n) is 5.04. The van der Waals surface area contributed by atoms with E-state index in [2.05, 4.69) is 0 Å². The van der Waals surface area contributed by atoms with E-state index < -0.39 is 0 Å². The molecule has 3 heteroatoms. The third-order valence-corrected chi connectivity index (χ3v) is 5.04. The van der Waals surface area contributed by atoms with Crippen LogP contribution in [-0.2, 0) is 14.3 Å². The smallest absolute Gasteiger partial charge is 0.311 e. The van der Waals surface area contributed by atoms with Gasteiger partial charge < -0.3 is 9.47 Å². The molecule has 3 nitrogen and oxygen atoms in total. The van der Waals surface area contributed by atoms with Gasteiger partial charge in [0.15, 0.2) is 6.79 Å². The summed E-state index contributed by atoms with van der Waals surface area (Å²) in [6.07, 6.45) is 6.41. The average Bonchev–Trinajstić information content (AvgIpc) is 2.95. The maximum Gasteiger partial charge on any atom is 0.311 e. The standard InChI is InChI=1S/C13H20O3/c1-15-7-16-13(14)10-5-11-8-2-3-9(4-8)12(11)6-10/h8-12H,2-7H2,1H3/t8-,9-,10?,11?,12?/m0/s1. The maximum absolute atomic E-state index is 11.8. The number of hydrogen-bond acceptors (Lipinski definition) is 3. The second-order valence-corrected chi connectivity index (χ2v) is 5.70. The van der Waals surface area contributed by atoms with Gasteiger partial charge in [-0.1, -0.05) is 0 Å². The molecule has 0 amide bonds. The Bertz CT molecular complexity index is 271. The Kier molecular flexibility index (Phi) is 2.66. The molecule has 0 aromatic carbocycles. The Labute approximate surface area is 96.5 Å². The molecule has 2 bridgehead atoms. The molecule has 0 radical (unpaired) electrons.